The summed E-state index contributed by atoms with van der Waals surface area (Å²) in [6, 6.07) is 8.36. The van der Waals surface area contributed by atoms with Crippen LogP contribution in [0.25, 0.3) is 5.57 Å². The van der Waals surface area contributed by atoms with E-state index in [0.717, 1.165) is 5.57 Å². The lowest BCUT2D eigenvalue weighted by molar-refractivity contribution is 1.44. The van der Waals surface area contributed by atoms with Crippen molar-refractivity contribution in [1.82, 2.24) is 0 Å². The van der Waals surface area contributed by atoms with Gasteiger partial charge in [0.1, 0.15) is 0 Å². The summed E-state index contributed by atoms with van der Waals surface area (Å²) in [6.45, 7) is 12.0. The summed E-state index contributed by atoms with van der Waals surface area (Å²) >= 11 is 0. The summed E-state index contributed by atoms with van der Waals surface area (Å²) in [5, 5.41) is 0. The molecule has 1 rings (SSSR count). The van der Waals surface area contributed by atoms with Crippen LogP contribution in [0.2, 0.25) is 0 Å². The fraction of sp³-hybridized carbons (Fsp3) is 0.333. The predicted molar refractivity (Wildman–Crippen MR) is 57.2 cm³/mol. The zero-order valence-corrected chi connectivity index (χ0v) is 8.52. The number of hydrogen-bond donors (Lipinski definition) is 0. The summed E-state index contributed by atoms with van der Waals surface area (Å²) in [5.74, 6) is 0. The lowest BCUT2D eigenvalue weighted by atomic mass is 10.1. The fourth-order valence-electron chi connectivity index (χ4n) is 0.911. The maximum absolute atomic E-state index is 3.87. The van der Waals surface area contributed by atoms with Crippen molar-refractivity contribution in [1.29, 1.82) is 0 Å². The molecule has 0 spiro atoms. The van der Waals surface area contributed by atoms with E-state index in [1.807, 2.05) is 20.8 Å². The minimum absolute atomic E-state index is 1.13. The summed E-state index contributed by atoms with van der Waals surface area (Å²) < 4.78 is 0. The van der Waals surface area contributed by atoms with Gasteiger partial charge >= 0.3 is 0 Å². The Balaban J connectivity index is 0.000000561. The van der Waals surface area contributed by atoms with Gasteiger partial charge in [-0.3, -0.25) is 0 Å². The monoisotopic (exact) mass is 162 g/mol. The van der Waals surface area contributed by atoms with Crippen LogP contribution in [0.15, 0.2) is 30.8 Å². The van der Waals surface area contributed by atoms with E-state index in [1.165, 1.54) is 11.1 Å². The van der Waals surface area contributed by atoms with Crippen molar-refractivity contribution in [3.63, 3.8) is 0 Å². The van der Waals surface area contributed by atoms with Gasteiger partial charge in [0.25, 0.3) is 0 Å². The van der Waals surface area contributed by atoms with Crippen LogP contribution in [0.1, 0.15) is 31.9 Å². The molecule has 0 nitrogen and oxygen atoms in total. The van der Waals surface area contributed by atoms with Crippen LogP contribution in [0, 0.1) is 6.92 Å². The highest BCUT2D eigenvalue weighted by Gasteiger charge is 1.90. The van der Waals surface area contributed by atoms with Gasteiger partial charge in [0, 0.05) is 0 Å². The Morgan fingerprint density at radius 1 is 1.25 bits per heavy atom. The molecule has 0 bridgehead atoms. The van der Waals surface area contributed by atoms with Gasteiger partial charge in [-0.1, -0.05) is 55.8 Å². The minimum Gasteiger partial charge on any atom is -0.0955 e. The zero-order chi connectivity index (χ0) is 9.56. The molecule has 0 amide bonds. The first-order valence-corrected chi connectivity index (χ1v) is 4.42. The highest BCUT2D eigenvalue weighted by Crippen LogP contribution is 2.11. The van der Waals surface area contributed by atoms with Crippen LogP contribution < -0.4 is 0 Å². The zero-order valence-electron chi connectivity index (χ0n) is 8.52. The number of benzene rings is 1. The fourth-order valence-corrected chi connectivity index (χ4v) is 0.911. The van der Waals surface area contributed by atoms with Crippen molar-refractivity contribution in [2.45, 2.75) is 27.7 Å². The largest absolute Gasteiger partial charge is 0.0955 e. The molecule has 0 radical (unpaired) electrons. The third-order valence-electron chi connectivity index (χ3n) is 1.51. The molecule has 0 aromatic heterocycles. The number of allylic oxidation sites excluding steroid dienone is 1. The van der Waals surface area contributed by atoms with E-state index in [0.29, 0.717) is 0 Å². The third kappa shape index (κ3) is 3.38. The number of aryl methyl sites for hydroxylation is 1. The first-order chi connectivity index (χ1) is 5.70. The Labute approximate surface area is 75.9 Å². The standard InChI is InChI=1S/C10H12.C2H6/c1-8(2)10-6-4-5-9(3)7-10;1-2/h4-7H,1H2,2-3H3;1-2H3. The SMILES string of the molecule is C=C(C)c1cccc(C)c1.CC. The molecule has 0 N–H and O–H groups in total. The first-order valence-electron chi connectivity index (χ1n) is 4.42. The maximum Gasteiger partial charge on any atom is -0.0231 e. The second-order valence-corrected chi connectivity index (χ2v) is 2.65. The molecule has 0 heterocycles. The van der Waals surface area contributed by atoms with Gasteiger partial charge in [0.2, 0.25) is 0 Å². The van der Waals surface area contributed by atoms with Crippen LogP contribution in [0.3, 0.4) is 0 Å². The van der Waals surface area contributed by atoms with Gasteiger partial charge in [-0.05, 0) is 19.4 Å². The van der Waals surface area contributed by atoms with Crippen molar-refractivity contribution in [3.8, 4) is 0 Å². The molecule has 0 heteroatoms. The van der Waals surface area contributed by atoms with Crippen molar-refractivity contribution in [2.24, 2.45) is 0 Å². The van der Waals surface area contributed by atoms with Gasteiger partial charge < -0.3 is 0 Å². The van der Waals surface area contributed by atoms with Gasteiger partial charge in [-0.15, -0.1) is 0 Å². The van der Waals surface area contributed by atoms with Gasteiger partial charge in [0.05, 0.1) is 0 Å². The first kappa shape index (κ1) is 11.0. The Bertz CT molecular complexity index is 246. The lowest BCUT2D eigenvalue weighted by Gasteiger charge is -1.98. The molecule has 1 aromatic carbocycles. The molecule has 12 heavy (non-hydrogen) atoms. The molecule has 0 saturated heterocycles. The lowest BCUT2D eigenvalue weighted by Crippen LogP contribution is -1.77. The molecule has 0 aliphatic rings. The van der Waals surface area contributed by atoms with E-state index in [1.54, 1.807) is 0 Å². The van der Waals surface area contributed by atoms with Crippen LogP contribution in [0.5, 0.6) is 0 Å². The Morgan fingerprint density at radius 3 is 2.17 bits per heavy atom. The van der Waals surface area contributed by atoms with Crippen LogP contribution in [0.4, 0.5) is 0 Å². The average Bonchev–Trinajstić information content (AvgIpc) is 2.08. The molecule has 0 saturated carbocycles. The topological polar surface area (TPSA) is 0 Å². The van der Waals surface area contributed by atoms with E-state index >= 15 is 0 Å². The maximum atomic E-state index is 3.87. The summed E-state index contributed by atoms with van der Waals surface area (Å²) in [6.07, 6.45) is 0. The molecule has 0 fully saturated rings. The minimum atomic E-state index is 1.13. The molecule has 0 unspecified atom stereocenters. The summed E-state index contributed by atoms with van der Waals surface area (Å²) in [7, 11) is 0. The molecule has 0 atom stereocenters. The molecular weight excluding hydrogens is 144 g/mol. The smallest absolute Gasteiger partial charge is 0.0231 e. The van der Waals surface area contributed by atoms with E-state index in [-0.39, 0.29) is 0 Å². The normalized spacial score (nSPS) is 8.33. The van der Waals surface area contributed by atoms with Crippen LogP contribution >= 0.6 is 0 Å². The van der Waals surface area contributed by atoms with Crippen LogP contribution in [-0.4, -0.2) is 0 Å². The van der Waals surface area contributed by atoms with Crippen molar-refractivity contribution < 1.29 is 0 Å². The molecule has 0 aliphatic carbocycles. The van der Waals surface area contributed by atoms with Crippen LogP contribution in [-0.2, 0) is 0 Å². The van der Waals surface area contributed by atoms with E-state index in [4.69, 9.17) is 0 Å². The number of hydrogen-bond acceptors (Lipinski definition) is 0. The van der Waals surface area contributed by atoms with Gasteiger partial charge in [-0.25, -0.2) is 0 Å². The van der Waals surface area contributed by atoms with Crippen molar-refractivity contribution in [2.75, 3.05) is 0 Å². The second kappa shape index (κ2) is 5.59. The van der Waals surface area contributed by atoms with E-state index in [9.17, 15) is 0 Å². The quantitative estimate of drug-likeness (QED) is 0.584. The highest BCUT2D eigenvalue weighted by atomic mass is 14.0. The number of rotatable bonds is 1. The second-order valence-electron chi connectivity index (χ2n) is 2.65. The van der Waals surface area contributed by atoms with Gasteiger partial charge in [0.15, 0.2) is 0 Å². The van der Waals surface area contributed by atoms with E-state index in [2.05, 4.69) is 37.8 Å². The average molecular weight is 162 g/mol. The Kier molecular flexibility index (Phi) is 5.11. The summed E-state index contributed by atoms with van der Waals surface area (Å²) in [4.78, 5) is 0. The summed E-state index contributed by atoms with van der Waals surface area (Å²) in [5.41, 5.74) is 3.66. The highest BCUT2D eigenvalue weighted by molar-refractivity contribution is 5.61. The van der Waals surface area contributed by atoms with Gasteiger partial charge in [-0.2, -0.15) is 0 Å². The Hall–Kier alpha value is -1.04. The van der Waals surface area contributed by atoms with E-state index < -0.39 is 0 Å². The van der Waals surface area contributed by atoms with Crippen molar-refractivity contribution in [3.05, 3.63) is 42.0 Å². The molecular formula is C12H18. The van der Waals surface area contributed by atoms with Crippen molar-refractivity contribution >= 4 is 5.57 Å². The molecule has 1 aromatic rings. The molecule has 0 aliphatic heterocycles. The molecule has 66 valence electrons. The third-order valence-corrected chi connectivity index (χ3v) is 1.51. The predicted octanol–water partition coefficient (Wildman–Crippen LogP) is 4.05. The Morgan fingerprint density at radius 2 is 1.83 bits per heavy atom.